The summed E-state index contributed by atoms with van der Waals surface area (Å²) >= 11 is 0. The Bertz CT molecular complexity index is 861. The summed E-state index contributed by atoms with van der Waals surface area (Å²) < 4.78 is 6.70. The fourth-order valence-corrected chi connectivity index (χ4v) is 9.02. The molecule has 0 aromatic carbocycles. The van der Waals surface area contributed by atoms with Gasteiger partial charge in [-0.2, -0.15) is 0 Å². The highest BCUT2D eigenvalue weighted by atomic mass is 16.5. The van der Waals surface area contributed by atoms with E-state index < -0.39 is 0 Å². The molecule has 0 radical (unpaired) electrons. The van der Waals surface area contributed by atoms with E-state index in [1.54, 1.807) is 12.5 Å². The van der Waals surface area contributed by atoms with E-state index in [2.05, 4.69) is 39.1 Å². The number of allylic oxidation sites excluding steroid dienone is 2. The van der Waals surface area contributed by atoms with Gasteiger partial charge in [0.25, 0.3) is 0 Å². The van der Waals surface area contributed by atoms with Crippen LogP contribution in [0.1, 0.15) is 92.4 Å². The van der Waals surface area contributed by atoms with E-state index in [0.29, 0.717) is 28.8 Å². The maximum absolute atomic E-state index is 11.2. The summed E-state index contributed by atoms with van der Waals surface area (Å²) in [6, 6.07) is 0. The van der Waals surface area contributed by atoms with Crippen molar-refractivity contribution in [3.8, 4) is 0 Å². The number of aliphatic hydroxyl groups is 1. The minimum atomic E-state index is -0.124. The van der Waals surface area contributed by atoms with Crippen LogP contribution in [0.3, 0.4) is 0 Å². The van der Waals surface area contributed by atoms with Gasteiger partial charge in [-0.05, 0) is 98.4 Å². The van der Waals surface area contributed by atoms with Crippen molar-refractivity contribution in [2.75, 3.05) is 6.54 Å². The molecule has 0 aromatic heterocycles. The lowest BCUT2D eigenvalue weighted by Gasteiger charge is -2.57. The summed E-state index contributed by atoms with van der Waals surface area (Å²) in [4.78, 5) is 11.2. The molecule has 4 nitrogen and oxygen atoms in total. The molecule has 9 atom stereocenters. The van der Waals surface area contributed by atoms with Crippen LogP contribution in [0.15, 0.2) is 23.0 Å². The number of carbonyl (C=O) groups excluding carboxylic acids is 1. The molecule has 4 heteroatoms. The molecule has 1 heterocycles. The van der Waals surface area contributed by atoms with Gasteiger partial charge in [0.2, 0.25) is 5.91 Å². The van der Waals surface area contributed by atoms with Gasteiger partial charge >= 0.3 is 0 Å². The van der Waals surface area contributed by atoms with Crippen molar-refractivity contribution >= 4 is 5.91 Å². The molecule has 3 fully saturated rings. The molecular weight excluding hydrogens is 410 g/mol. The molecule has 0 aromatic rings. The van der Waals surface area contributed by atoms with Crippen LogP contribution in [0.2, 0.25) is 0 Å². The molecule has 4 aliphatic carbocycles. The van der Waals surface area contributed by atoms with Crippen LogP contribution in [0.5, 0.6) is 0 Å². The third-order valence-electron chi connectivity index (χ3n) is 10.8. The highest BCUT2D eigenvalue weighted by molar-refractivity contribution is 5.72. The summed E-state index contributed by atoms with van der Waals surface area (Å²) in [5, 5.41) is 13.2. The Morgan fingerprint density at radius 2 is 2.06 bits per heavy atom. The molecule has 5 aliphatic rings. The molecular formula is C29H45NO3. The topological polar surface area (TPSA) is 58.6 Å². The first-order chi connectivity index (χ1) is 15.6. The Balaban J connectivity index is 1.30. The summed E-state index contributed by atoms with van der Waals surface area (Å²) in [5.74, 6) is 4.66. The van der Waals surface area contributed by atoms with E-state index in [4.69, 9.17) is 4.74 Å². The summed E-state index contributed by atoms with van der Waals surface area (Å²) in [6.07, 6.45) is 13.0. The number of carbonyl (C=O) groups is 1. The van der Waals surface area contributed by atoms with Crippen LogP contribution in [0, 0.1) is 40.4 Å². The second-order valence-corrected chi connectivity index (χ2v) is 12.8. The van der Waals surface area contributed by atoms with Gasteiger partial charge in [-0.15, -0.1) is 0 Å². The van der Waals surface area contributed by atoms with E-state index in [1.807, 2.05) is 0 Å². The quantitative estimate of drug-likeness (QED) is 0.518. The Morgan fingerprint density at radius 3 is 2.82 bits per heavy atom. The van der Waals surface area contributed by atoms with Crippen molar-refractivity contribution in [2.45, 2.75) is 105 Å². The lowest BCUT2D eigenvalue weighted by molar-refractivity contribution is -0.119. The molecule has 5 rings (SSSR count). The van der Waals surface area contributed by atoms with Crippen LogP contribution in [0.4, 0.5) is 0 Å². The average molecular weight is 456 g/mol. The van der Waals surface area contributed by atoms with Crippen molar-refractivity contribution in [1.29, 1.82) is 0 Å². The molecule has 0 unspecified atom stereocenters. The zero-order chi connectivity index (χ0) is 23.5. The number of hydrogen-bond donors (Lipinski definition) is 2. The van der Waals surface area contributed by atoms with Crippen LogP contribution in [-0.2, 0) is 9.53 Å². The molecule has 0 bridgehead atoms. The Labute approximate surface area is 200 Å². The van der Waals surface area contributed by atoms with Gasteiger partial charge in [-0.25, -0.2) is 0 Å². The molecule has 2 N–H and O–H groups in total. The largest absolute Gasteiger partial charge is 0.494 e. The van der Waals surface area contributed by atoms with E-state index in [-0.39, 0.29) is 12.0 Å². The zero-order valence-electron chi connectivity index (χ0n) is 21.5. The molecule has 33 heavy (non-hydrogen) atoms. The van der Waals surface area contributed by atoms with E-state index in [1.165, 1.54) is 37.0 Å². The summed E-state index contributed by atoms with van der Waals surface area (Å²) in [6.45, 7) is 12.0. The average Bonchev–Trinajstić information content (AvgIpc) is 3.24. The monoisotopic (exact) mass is 455 g/mol. The predicted octanol–water partition coefficient (Wildman–Crippen LogP) is 5.76. The molecule has 3 saturated carbocycles. The lowest BCUT2D eigenvalue weighted by Crippen LogP contribution is -2.50. The number of aliphatic hydroxyl groups excluding tert-OH is 1. The summed E-state index contributed by atoms with van der Waals surface area (Å²) in [7, 11) is 0. The van der Waals surface area contributed by atoms with Crippen LogP contribution >= 0.6 is 0 Å². The number of amides is 1. The molecule has 0 saturated heterocycles. The first-order valence-electron chi connectivity index (χ1n) is 13.6. The van der Waals surface area contributed by atoms with Gasteiger partial charge < -0.3 is 15.2 Å². The SMILES string of the molecule is CC(=O)NC[C@H](C)CCC1=C(C)[C@@H]2[C@H](C[C@@H]3[C@@H]4CC=C5C[C@H](O)CC[C@]5(C)[C@H]4CC[C@@]32C)O1. The van der Waals surface area contributed by atoms with E-state index in [0.717, 1.165) is 56.4 Å². The number of rotatable bonds is 5. The fourth-order valence-electron chi connectivity index (χ4n) is 9.02. The smallest absolute Gasteiger partial charge is 0.216 e. The number of hydrogen-bond acceptors (Lipinski definition) is 3. The maximum Gasteiger partial charge on any atom is 0.216 e. The van der Waals surface area contributed by atoms with Gasteiger partial charge in [0.05, 0.1) is 11.9 Å². The minimum absolute atomic E-state index is 0.0569. The van der Waals surface area contributed by atoms with Crippen LogP contribution in [-0.4, -0.2) is 29.8 Å². The molecule has 184 valence electrons. The fraction of sp³-hybridized carbons (Fsp3) is 0.828. The maximum atomic E-state index is 11.2. The van der Waals surface area contributed by atoms with Gasteiger partial charge in [0.1, 0.15) is 6.10 Å². The van der Waals surface area contributed by atoms with Gasteiger partial charge in [0, 0.05) is 25.8 Å². The van der Waals surface area contributed by atoms with Gasteiger partial charge in [0.15, 0.2) is 0 Å². The van der Waals surface area contributed by atoms with Crippen molar-refractivity contribution in [1.82, 2.24) is 5.32 Å². The van der Waals surface area contributed by atoms with E-state index in [9.17, 15) is 9.90 Å². The second-order valence-electron chi connectivity index (χ2n) is 12.8. The normalized spacial score (nSPS) is 44.7. The predicted molar refractivity (Wildman–Crippen MR) is 131 cm³/mol. The Hall–Kier alpha value is -1.29. The van der Waals surface area contributed by atoms with Crippen molar-refractivity contribution < 1.29 is 14.6 Å². The molecule has 0 spiro atoms. The Kier molecular flexibility index (Phi) is 5.99. The van der Waals surface area contributed by atoms with Gasteiger partial charge in [-0.3, -0.25) is 4.79 Å². The second kappa shape index (κ2) is 8.43. The van der Waals surface area contributed by atoms with Crippen LogP contribution < -0.4 is 5.32 Å². The Morgan fingerprint density at radius 1 is 1.27 bits per heavy atom. The standard InChI is InChI=1S/C29H45NO3/c1-17(16-30-19(3)31)6-9-25-18(2)27-26(33-25)15-24-22-8-7-20-14-21(32)10-12-28(20,4)23(22)11-13-29(24,27)5/h7,17,21-24,26-27,32H,6,8-16H2,1-5H3,(H,30,31)/t17-,21-,22-,23+,24-,26+,27-,28+,29+/m1/s1. The highest BCUT2D eigenvalue weighted by Gasteiger charge is 2.63. The highest BCUT2D eigenvalue weighted by Crippen LogP contribution is 2.68. The zero-order valence-corrected chi connectivity index (χ0v) is 21.5. The summed E-state index contributed by atoms with van der Waals surface area (Å²) in [5.41, 5.74) is 3.75. The molecule has 1 aliphatic heterocycles. The van der Waals surface area contributed by atoms with Crippen LogP contribution in [0.25, 0.3) is 0 Å². The third kappa shape index (κ3) is 3.79. The third-order valence-corrected chi connectivity index (χ3v) is 10.8. The minimum Gasteiger partial charge on any atom is -0.494 e. The van der Waals surface area contributed by atoms with Gasteiger partial charge in [-0.1, -0.05) is 32.4 Å². The van der Waals surface area contributed by atoms with Crippen molar-refractivity contribution in [3.05, 3.63) is 23.0 Å². The van der Waals surface area contributed by atoms with E-state index >= 15 is 0 Å². The first kappa shape index (κ1) is 23.5. The number of ether oxygens (including phenoxy) is 1. The number of fused-ring (bicyclic) bond motifs is 7. The molecule has 1 amide bonds. The van der Waals surface area contributed by atoms with Crippen molar-refractivity contribution in [3.63, 3.8) is 0 Å². The number of nitrogens with one attached hydrogen (secondary N) is 1. The first-order valence-corrected chi connectivity index (χ1v) is 13.6. The van der Waals surface area contributed by atoms with Crippen molar-refractivity contribution in [2.24, 2.45) is 40.4 Å². The lowest BCUT2D eigenvalue weighted by atomic mass is 9.47.